The Morgan fingerprint density at radius 3 is 2.54 bits per heavy atom. The molecule has 0 saturated heterocycles. The number of aromatic nitrogens is 7. The van der Waals surface area contributed by atoms with Gasteiger partial charge in [0.15, 0.2) is 0 Å². The van der Waals surface area contributed by atoms with E-state index in [1.165, 1.54) is 6.33 Å². The van der Waals surface area contributed by atoms with Gasteiger partial charge in [-0.1, -0.05) is 6.07 Å². The van der Waals surface area contributed by atoms with Gasteiger partial charge in [0.2, 0.25) is 0 Å². The number of nitrogens with one attached hydrogen (secondary N) is 2. The van der Waals surface area contributed by atoms with Crippen LogP contribution in [0.2, 0.25) is 0 Å². The van der Waals surface area contributed by atoms with E-state index < -0.39 is 0 Å². The van der Waals surface area contributed by atoms with Crippen molar-refractivity contribution in [2.45, 2.75) is 19.9 Å². The first-order chi connectivity index (χ1) is 19.9. The molecule has 41 heavy (non-hydrogen) atoms. The van der Waals surface area contributed by atoms with Crippen LogP contribution in [0.25, 0.3) is 33.4 Å². The topological polar surface area (TPSA) is 125 Å². The first kappa shape index (κ1) is 25.7. The van der Waals surface area contributed by atoms with Gasteiger partial charge < -0.3 is 15.4 Å². The van der Waals surface area contributed by atoms with Crippen molar-refractivity contribution in [2.24, 2.45) is 7.05 Å². The van der Waals surface area contributed by atoms with Gasteiger partial charge >= 0.3 is 6.03 Å². The molecule has 11 nitrogen and oxygen atoms in total. The van der Waals surface area contributed by atoms with Crippen molar-refractivity contribution in [3.63, 3.8) is 0 Å². The molecule has 2 amide bonds. The van der Waals surface area contributed by atoms with Crippen molar-refractivity contribution >= 4 is 28.3 Å². The van der Waals surface area contributed by atoms with E-state index in [1.54, 1.807) is 53.6 Å². The van der Waals surface area contributed by atoms with Crippen LogP contribution in [0.15, 0.2) is 91.9 Å². The van der Waals surface area contributed by atoms with Gasteiger partial charge in [0, 0.05) is 66.1 Å². The molecular formula is C30H27N9O2. The van der Waals surface area contributed by atoms with Crippen molar-refractivity contribution in [3.05, 3.63) is 91.9 Å². The molecule has 11 heteroatoms. The Kier molecular flexibility index (Phi) is 6.82. The Morgan fingerprint density at radius 2 is 1.76 bits per heavy atom. The number of ether oxygens (including phenoxy) is 1. The molecule has 0 atom stereocenters. The van der Waals surface area contributed by atoms with Gasteiger partial charge in [-0.25, -0.2) is 14.8 Å². The zero-order valence-corrected chi connectivity index (χ0v) is 22.7. The van der Waals surface area contributed by atoms with E-state index in [0.717, 1.165) is 27.7 Å². The lowest BCUT2D eigenvalue weighted by Crippen LogP contribution is -2.19. The molecule has 4 heterocycles. The van der Waals surface area contributed by atoms with Crippen LogP contribution in [0.1, 0.15) is 19.9 Å². The number of nitrogens with zero attached hydrogens (tertiary/aromatic N) is 7. The summed E-state index contributed by atoms with van der Waals surface area (Å²) < 4.78 is 9.55. The lowest BCUT2D eigenvalue weighted by molar-refractivity contribution is 0.262. The number of fused-ring (bicyclic) bond motifs is 1. The average molecular weight is 546 g/mol. The zero-order valence-electron chi connectivity index (χ0n) is 22.7. The third kappa shape index (κ3) is 5.74. The highest BCUT2D eigenvalue weighted by Crippen LogP contribution is 2.30. The number of pyridine rings is 1. The molecule has 0 radical (unpaired) electrons. The first-order valence-corrected chi connectivity index (χ1v) is 13.0. The van der Waals surface area contributed by atoms with E-state index in [-0.39, 0.29) is 12.1 Å². The van der Waals surface area contributed by atoms with Crippen molar-refractivity contribution in [1.82, 2.24) is 34.5 Å². The minimum Gasteiger partial charge on any atom is -0.457 e. The Bertz CT molecular complexity index is 1840. The number of aryl methyl sites for hydroxylation is 1. The summed E-state index contributed by atoms with van der Waals surface area (Å²) in [6, 6.07) is 16.3. The van der Waals surface area contributed by atoms with E-state index in [1.807, 2.05) is 62.2 Å². The Balaban J connectivity index is 1.15. The second-order valence-electron chi connectivity index (χ2n) is 9.75. The fourth-order valence-electron chi connectivity index (χ4n) is 4.31. The standard InChI is InChI=1S/C30H27N9O2/c1-19(2)39-17-28(29(37-39)20-4-9-26-21(12-20)14-31-18-33-26)36-30(40)35-23-5-7-24(8-6-23)41-25-10-11-32-27(13-25)22-15-34-38(3)16-22/h4-19H,1-3H3,(H2,35,36,40). The van der Waals surface area contributed by atoms with Gasteiger partial charge in [-0.2, -0.15) is 10.2 Å². The number of benzene rings is 2. The fourth-order valence-corrected chi connectivity index (χ4v) is 4.31. The largest absolute Gasteiger partial charge is 0.457 e. The van der Waals surface area contributed by atoms with Gasteiger partial charge in [-0.05, 0) is 56.3 Å². The summed E-state index contributed by atoms with van der Waals surface area (Å²) in [5, 5.41) is 15.6. The molecule has 0 aliphatic heterocycles. The predicted molar refractivity (Wildman–Crippen MR) is 157 cm³/mol. The molecule has 0 aliphatic rings. The van der Waals surface area contributed by atoms with Crippen molar-refractivity contribution < 1.29 is 9.53 Å². The maximum atomic E-state index is 13.0. The van der Waals surface area contributed by atoms with E-state index in [0.29, 0.717) is 28.6 Å². The number of carbonyl (C=O) groups excluding carboxylic acids is 1. The summed E-state index contributed by atoms with van der Waals surface area (Å²) in [6.07, 6.45) is 10.4. The Labute approximate surface area is 235 Å². The molecule has 6 aromatic rings. The fraction of sp³-hybridized carbons (Fsp3) is 0.133. The highest BCUT2D eigenvalue weighted by Gasteiger charge is 2.16. The monoisotopic (exact) mass is 545 g/mol. The number of hydrogen-bond acceptors (Lipinski definition) is 7. The van der Waals surface area contributed by atoms with Crippen LogP contribution in [0.3, 0.4) is 0 Å². The second-order valence-corrected chi connectivity index (χ2v) is 9.75. The normalized spacial score (nSPS) is 11.1. The second kappa shape index (κ2) is 10.9. The van der Waals surface area contributed by atoms with Crippen molar-refractivity contribution in [2.75, 3.05) is 10.6 Å². The molecule has 0 fully saturated rings. The van der Waals surface area contributed by atoms with Crippen LogP contribution < -0.4 is 15.4 Å². The molecule has 0 bridgehead atoms. The minimum absolute atomic E-state index is 0.115. The third-order valence-electron chi connectivity index (χ3n) is 6.37. The average Bonchev–Trinajstić information content (AvgIpc) is 3.60. The van der Waals surface area contributed by atoms with Crippen LogP contribution in [-0.2, 0) is 7.05 Å². The third-order valence-corrected chi connectivity index (χ3v) is 6.37. The summed E-state index contributed by atoms with van der Waals surface area (Å²) in [5.74, 6) is 1.27. The van der Waals surface area contributed by atoms with Crippen LogP contribution in [0.5, 0.6) is 11.5 Å². The number of urea groups is 1. The molecule has 2 aromatic carbocycles. The summed E-state index contributed by atoms with van der Waals surface area (Å²) in [5.41, 5.74) is 5.22. The summed E-state index contributed by atoms with van der Waals surface area (Å²) in [7, 11) is 1.86. The maximum absolute atomic E-state index is 13.0. The lowest BCUT2D eigenvalue weighted by atomic mass is 10.1. The van der Waals surface area contributed by atoms with E-state index in [2.05, 4.69) is 30.7 Å². The highest BCUT2D eigenvalue weighted by atomic mass is 16.5. The number of carbonyl (C=O) groups is 1. The minimum atomic E-state index is -0.386. The lowest BCUT2D eigenvalue weighted by Gasteiger charge is -2.10. The van der Waals surface area contributed by atoms with Gasteiger partial charge in [-0.15, -0.1) is 0 Å². The number of anilines is 2. The van der Waals surface area contributed by atoms with Gasteiger partial charge in [0.1, 0.15) is 23.5 Å². The van der Waals surface area contributed by atoms with Crippen molar-refractivity contribution in [3.8, 4) is 34.0 Å². The smallest absolute Gasteiger partial charge is 0.323 e. The molecule has 4 aromatic heterocycles. The Hall–Kier alpha value is -5.58. The van der Waals surface area contributed by atoms with Crippen LogP contribution in [-0.4, -0.2) is 40.5 Å². The van der Waals surface area contributed by atoms with Crippen LogP contribution >= 0.6 is 0 Å². The van der Waals surface area contributed by atoms with E-state index in [9.17, 15) is 4.79 Å². The molecular weight excluding hydrogens is 518 g/mol. The summed E-state index contributed by atoms with van der Waals surface area (Å²) >= 11 is 0. The summed E-state index contributed by atoms with van der Waals surface area (Å²) in [4.78, 5) is 25.8. The number of hydrogen-bond donors (Lipinski definition) is 2. The molecule has 0 aliphatic carbocycles. The molecule has 2 N–H and O–H groups in total. The van der Waals surface area contributed by atoms with Gasteiger partial charge in [0.05, 0.1) is 23.1 Å². The molecule has 0 unspecified atom stereocenters. The molecule has 0 saturated carbocycles. The van der Waals surface area contributed by atoms with Crippen LogP contribution in [0.4, 0.5) is 16.2 Å². The first-order valence-electron chi connectivity index (χ1n) is 13.0. The number of rotatable bonds is 7. The zero-order chi connectivity index (χ0) is 28.3. The van der Waals surface area contributed by atoms with E-state index in [4.69, 9.17) is 9.84 Å². The highest BCUT2D eigenvalue weighted by molar-refractivity contribution is 6.02. The van der Waals surface area contributed by atoms with Gasteiger partial charge in [-0.3, -0.25) is 14.3 Å². The quantitative estimate of drug-likeness (QED) is 0.241. The number of amides is 2. The van der Waals surface area contributed by atoms with Gasteiger partial charge in [0.25, 0.3) is 0 Å². The SMILES string of the molecule is CC(C)n1cc(NC(=O)Nc2ccc(Oc3ccnc(-c4cnn(C)c4)c3)cc2)c(-c2ccc3ncncc3c2)n1. The molecule has 204 valence electrons. The Morgan fingerprint density at radius 1 is 0.902 bits per heavy atom. The van der Waals surface area contributed by atoms with E-state index >= 15 is 0 Å². The summed E-state index contributed by atoms with van der Waals surface area (Å²) in [6.45, 7) is 4.06. The predicted octanol–water partition coefficient (Wildman–Crippen LogP) is 6.31. The molecule has 6 rings (SSSR count). The molecule has 0 spiro atoms. The van der Waals surface area contributed by atoms with Crippen molar-refractivity contribution in [1.29, 1.82) is 0 Å². The van der Waals surface area contributed by atoms with Crippen LogP contribution in [0, 0.1) is 0 Å². The maximum Gasteiger partial charge on any atom is 0.323 e.